The molecule has 0 aromatic carbocycles. The highest BCUT2D eigenvalue weighted by molar-refractivity contribution is 8.04. The predicted molar refractivity (Wildman–Crippen MR) is 79.6 cm³/mol. The number of nitrogens with zero attached hydrogens (tertiary/aromatic N) is 1. The quantitative estimate of drug-likeness (QED) is 0.361. The van der Waals surface area contributed by atoms with E-state index in [9.17, 15) is 14.4 Å². The second-order valence-electron chi connectivity index (χ2n) is 4.66. The average molecular weight is 281 g/mol. The average Bonchev–Trinajstić information content (AvgIpc) is 2.62. The third kappa shape index (κ3) is 5.23. The van der Waals surface area contributed by atoms with E-state index in [-0.39, 0.29) is 30.5 Å². The van der Waals surface area contributed by atoms with Gasteiger partial charge in [-0.3, -0.25) is 14.5 Å². The molecule has 0 radical (unpaired) electrons. The normalized spacial score (nSPS) is 15.0. The molecule has 19 heavy (non-hydrogen) atoms. The Morgan fingerprint density at radius 2 is 2.05 bits per heavy atom. The SMILES string of the molecule is BC(=O)CCN1C(=O)C=C(SCCCCCC)C1=O. The van der Waals surface area contributed by atoms with Crippen LogP contribution in [0.3, 0.4) is 0 Å². The van der Waals surface area contributed by atoms with Gasteiger partial charge in [0.15, 0.2) is 7.85 Å². The van der Waals surface area contributed by atoms with Gasteiger partial charge in [0.2, 0.25) is 0 Å². The molecule has 1 heterocycles. The maximum Gasteiger partial charge on any atom is 0.267 e. The Hall–Kier alpha value is -1.04. The van der Waals surface area contributed by atoms with Crippen molar-refractivity contribution in [1.29, 1.82) is 0 Å². The molecule has 0 fully saturated rings. The zero-order chi connectivity index (χ0) is 14.3. The number of hydrogen-bond donors (Lipinski definition) is 0. The van der Waals surface area contributed by atoms with Gasteiger partial charge in [-0.05, 0) is 12.2 Å². The third-order valence-corrected chi connectivity index (χ3v) is 4.02. The Balaban J connectivity index is 2.36. The highest BCUT2D eigenvalue weighted by atomic mass is 32.2. The van der Waals surface area contributed by atoms with Crippen molar-refractivity contribution < 1.29 is 14.4 Å². The lowest BCUT2D eigenvalue weighted by Crippen LogP contribution is -2.32. The molecule has 2 amide bonds. The molecule has 0 aromatic heterocycles. The second-order valence-corrected chi connectivity index (χ2v) is 5.80. The second kappa shape index (κ2) is 8.20. The van der Waals surface area contributed by atoms with Gasteiger partial charge in [0.25, 0.3) is 11.8 Å². The van der Waals surface area contributed by atoms with Crippen LogP contribution in [0, 0.1) is 0 Å². The predicted octanol–water partition coefficient (Wildman–Crippen LogP) is 1.10. The van der Waals surface area contributed by atoms with Crippen molar-refractivity contribution in [3.63, 3.8) is 0 Å². The topological polar surface area (TPSA) is 54.5 Å². The van der Waals surface area contributed by atoms with Gasteiger partial charge < -0.3 is 4.79 Å². The van der Waals surface area contributed by atoms with Crippen LogP contribution in [0.1, 0.15) is 39.0 Å². The van der Waals surface area contributed by atoms with Crippen LogP contribution in [0.15, 0.2) is 11.0 Å². The number of amides is 2. The molecule has 1 aliphatic rings. The first kappa shape index (κ1) is 16.0. The van der Waals surface area contributed by atoms with Crippen LogP contribution in [0.5, 0.6) is 0 Å². The Bertz CT molecular complexity index is 395. The molecule has 6 heteroatoms. The smallest absolute Gasteiger partial charge is 0.267 e. The number of unbranched alkanes of at least 4 members (excludes halogenated alkanes) is 3. The molecule has 104 valence electrons. The van der Waals surface area contributed by atoms with Crippen molar-refractivity contribution >= 4 is 37.1 Å². The van der Waals surface area contributed by atoms with E-state index in [1.807, 2.05) is 0 Å². The van der Waals surface area contributed by atoms with E-state index >= 15 is 0 Å². The van der Waals surface area contributed by atoms with Crippen molar-refractivity contribution in [3.8, 4) is 0 Å². The third-order valence-electron chi connectivity index (χ3n) is 2.92. The minimum absolute atomic E-state index is 0.0127. The number of thioether (sulfide) groups is 1. The van der Waals surface area contributed by atoms with E-state index in [1.54, 1.807) is 0 Å². The van der Waals surface area contributed by atoms with Crippen LogP contribution in [-0.4, -0.2) is 42.5 Å². The fourth-order valence-corrected chi connectivity index (χ4v) is 2.77. The maximum absolute atomic E-state index is 12.0. The molecule has 0 aromatic rings. The molecule has 0 N–H and O–H groups in total. The summed E-state index contributed by atoms with van der Waals surface area (Å²) in [6.45, 7) is 2.35. The van der Waals surface area contributed by atoms with Crippen molar-refractivity contribution in [2.45, 2.75) is 39.0 Å². The molecule has 1 aliphatic heterocycles. The highest BCUT2D eigenvalue weighted by Gasteiger charge is 2.30. The maximum atomic E-state index is 12.0. The largest absolute Gasteiger partial charge is 0.312 e. The summed E-state index contributed by atoms with van der Waals surface area (Å²) in [5.74, 6) is 0.333. The molecular weight excluding hydrogens is 261 g/mol. The zero-order valence-corrected chi connectivity index (χ0v) is 12.4. The summed E-state index contributed by atoms with van der Waals surface area (Å²) >= 11 is 1.45. The number of carbonyl (C=O) groups excluding carboxylic acids is 3. The van der Waals surface area contributed by atoms with E-state index in [1.165, 1.54) is 38.5 Å². The molecule has 0 unspecified atom stereocenters. The van der Waals surface area contributed by atoms with Gasteiger partial charge in [-0.2, -0.15) is 0 Å². The van der Waals surface area contributed by atoms with Crippen molar-refractivity contribution in [2.24, 2.45) is 0 Å². The lowest BCUT2D eigenvalue weighted by atomic mass is 10.00. The summed E-state index contributed by atoms with van der Waals surface area (Å²) in [5, 5.41) is 0. The monoisotopic (exact) mass is 281 g/mol. The minimum atomic E-state index is -0.290. The van der Waals surface area contributed by atoms with Crippen LogP contribution in [-0.2, 0) is 14.4 Å². The Morgan fingerprint density at radius 3 is 2.68 bits per heavy atom. The molecule has 0 saturated heterocycles. The minimum Gasteiger partial charge on any atom is -0.312 e. The van der Waals surface area contributed by atoms with E-state index in [0.29, 0.717) is 4.91 Å². The summed E-state index contributed by atoms with van der Waals surface area (Å²) in [6.07, 6.45) is 6.24. The summed E-state index contributed by atoms with van der Waals surface area (Å²) in [4.78, 5) is 36.2. The molecular formula is C13H20BNO3S. The van der Waals surface area contributed by atoms with Gasteiger partial charge in [0.1, 0.15) is 0 Å². The van der Waals surface area contributed by atoms with Crippen LogP contribution < -0.4 is 0 Å². The number of carbonyl (C=O) groups is 3. The van der Waals surface area contributed by atoms with Gasteiger partial charge in [-0.1, -0.05) is 26.2 Å². The summed E-state index contributed by atoms with van der Waals surface area (Å²) < 4.78 is 0. The summed E-state index contributed by atoms with van der Waals surface area (Å²) in [7, 11) is 1.46. The van der Waals surface area contributed by atoms with Crippen LogP contribution in [0.25, 0.3) is 0 Å². The van der Waals surface area contributed by atoms with Crippen LogP contribution in [0.2, 0.25) is 0 Å². The van der Waals surface area contributed by atoms with Gasteiger partial charge in [0, 0.05) is 19.0 Å². The molecule has 4 nitrogen and oxygen atoms in total. The number of rotatable bonds is 9. The molecule has 0 aliphatic carbocycles. The van der Waals surface area contributed by atoms with Crippen molar-refractivity contribution in [2.75, 3.05) is 12.3 Å². The van der Waals surface area contributed by atoms with Gasteiger partial charge in [-0.25, -0.2) is 0 Å². The molecule has 0 bridgehead atoms. The lowest BCUT2D eigenvalue weighted by Gasteiger charge is -2.13. The van der Waals surface area contributed by atoms with Crippen molar-refractivity contribution in [1.82, 2.24) is 4.90 Å². The van der Waals surface area contributed by atoms with Gasteiger partial charge in [0.05, 0.1) is 10.6 Å². The first-order valence-electron chi connectivity index (χ1n) is 6.76. The lowest BCUT2D eigenvalue weighted by molar-refractivity contribution is -0.137. The summed E-state index contributed by atoms with van der Waals surface area (Å²) in [5.41, 5.74) is -0.0127. The van der Waals surface area contributed by atoms with E-state index in [4.69, 9.17) is 0 Å². The fourth-order valence-electron chi connectivity index (χ4n) is 1.78. The highest BCUT2D eigenvalue weighted by Crippen LogP contribution is 2.25. The Labute approximate surface area is 119 Å². The first-order valence-corrected chi connectivity index (χ1v) is 7.74. The van der Waals surface area contributed by atoms with Gasteiger partial charge >= 0.3 is 0 Å². The molecule has 1 rings (SSSR count). The van der Waals surface area contributed by atoms with E-state index in [0.717, 1.165) is 23.5 Å². The van der Waals surface area contributed by atoms with E-state index < -0.39 is 0 Å². The molecule has 0 atom stereocenters. The van der Waals surface area contributed by atoms with Crippen LogP contribution in [0.4, 0.5) is 0 Å². The van der Waals surface area contributed by atoms with Crippen LogP contribution >= 0.6 is 11.8 Å². The number of hydrogen-bond acceptors (Lipinski definition) is 4. The van der Waals surface area contributed by atoms with E-state index in [2.05, 4.69) is 6.92 Å². The number of imide groups is 1. The standard InChI is InChI=1S/C13H20BNO3S/c1-2-3-4-5-8-19-10-9-12(17)15(13(10)18)7-6-11(14)16/h9H,2-8,14H2,1H3. The first-order chi connectivity index (χ1) is 9.06. The fraction of sp³-hybridized carbons (Fsp3) is 0.615. The molecule has 0 spiro atoms. The Kier molecular flexibility index (Phi) is 6.91. The Morgan fingerprint density at radius 1 is 1.32 bits per heavy atom. The van der Waals surface area contributed by atoms with Gasteiger partial charge in [-0.15, -0.1) is 11.8 Å². The summed E-state index contributed by atoms with van der Waals surface area (Å²) in [6, 6.07) is 0. The zero-order valence-electron chi connectivity index (χ0n) is 11.6. The van der Waals surface area contributed by atoms with Crippen molar-refractivity contribution in [3.05, 3.63) is 11.0 Å². The molecule has 0 saturated carbocycles.